The summed E-state index contributed by atoms with van der Waals surface area (Å²) in [6.45, 7) is 13.3. The van der Waals surface area contributed by atoms with E-state index in [2.05, 4.69) is 86.9 Å². The topological polar surface area (TPSA) is 3.24 Å². The molecule has 0 radical (unpaired) electrons. The Hall–Kier alpha value is -2.28. The Morgan fingerprint density at radius 2 is 1.02 bits per heavy atom. The first kappa shape index (κ1) is 36.9. The van der Waals surface area contributed by atoms with Crippen molar-refractivity contribution in [1.82, 2.24) is 0 Å². The molecular weight excluding hydrogens is 518 g/mol. The van der Waals surface area contributed by atoms with Gasteiger partial charge in [-0.2, -0.15) is 0 Å². The minimum Gasteiger partial charge on any atom is -0.372 e. The molecule has 0 aliphatic heterocycles. The van der Waals surface area contributed by atoms with Crippen molar-refractivity contribution in [2.45, 2.75) is 156 Å². The lowest BCUT2D eigenvalue weighted by Crippen LogP contribution is -2.25. The Bertz CT molecular complexity index is 953. The zero-order chi connectivity index (χ0) is 30.8. The van der Waals surface area contributed by atoms with Gasteiger partial charge < -0.3 is 4.90 Å². The second-order valence-corrected chi connectivity index (χ2v) is 12.8. The third-order valence-electron chi connectivity index (χ3n) is 9.03. The molecule has 0 bridgehead atoms. The molecular formula is C42H67N. The monoisotopic (exact) mass is 586 g/mol. The molecule has 0 heterocycles. The van der Waals surface area contributed by atoms with E-state index in [4.69, 9.17) is 0 Å². The van der Waals surface area contributed by atoms with E-state index in [1.807, 2.05) is 6.08 Å². The fraction of sp³-hybridized carbons (Fsp3) is 0.619. The van der Waals surface area contributed by atoms with Gasteiger partial charge >= 0.3 is 0 Å². The van der Waals surface area contributed by atoms with Crippen LogP contribution in [0.25, 0.3) is 5.57 Å². The Balaban J connectivity index is 2.02. The smallest absolute Gasteiger partial charge is 0.0366 e. The van der Waals surface area contributed by atoms with E-state index < -0.39 is 0 Å². The van der Waals surface area contributed by atoms with Crippen LogP contribution in [0, 0.1) is 0 Å². The first-order valence-corrected chi connectivity index (χ1v) is 18.5. The van der Waals surface area contributed by atoms with Crippen molar-refractivity contribution in [2.24, 2.45) is 0 Å². The highest BCUT2D eigenvalue weighted by molar-refractivity contribution is 5.71. The second-order valence-electron chi connectivity index (χ2n) is 12.8. The molecule has 0 aliphatic carbocycles. The van der Waals surface area contributed by atoms with Gasteiger partial charge in [0.2, 0.25) is 0 Å². The first-order valence-electron chi connectivity index (χ1n) is 18.5. The average molecular weight is 586 g/mol. The number of rotatable bonds is 27. The number of hydrogen-bond donors (Lipinski definition) is 0. The van der Waals surface area contributed by atoms with Gasteiger partial charge in [0.25, 0.3) is 0 Å². The summed E-state index contributed by atoms with van der Waals surface area (Å²) in [5.41, 5.74) is 7.08. The number of nitrogens with zero attached hydrogens (tertiary/aromatic N) is 1. The van der Waals surface area contributed by atoms with Crippen molar-refractivity contribution in [1.29, 1.82) is 0 Å². The predicted octanol–water partition coefficient (Wildman–Crippen LogP) is 13.3. The summed E-state index contributed by atoms with van der Waals surface area (Å²) in [5.74, 6) is 0. The predicted molar refractivity (Wildman–Crippen MR) is 195 cm³/mol. The molecule has 2 aromatic rings. The lowest BCUT2D eigenvalue weighted by molar-refractivity contribution is 0.575. The molecule has 0 saturated carbocycles. The molecule has 1 heteroatoms. The Kier molecular flexibility index (Phi) is 21.5. The van der Waals surface area contributed by atoms with Gasteiger partial charge in [0.1, 0.15) is 0 Å². The van der Waals surface area contributed by atoms with Crippen LogP contribution in [0.2, 0.25) is 0 Å². The van der Waals surface area contributed by atoms with Crippen molar-refractivity contribution in [3.63, 3.8) is 0 Å². The van der Waals surface area contributed by atoms with Crippen LogP contribution < -0.4 is 4.90 Å². The molecule has 0 N–H and O–H groups in total. The van der Waals surface area contributed by atoms with Gasteiger partial charge in [0, 0.05) is 18.8 Å². The fourth-order valence-electron chi connectivity index (χ4n) is 6.27. The van der Waals surface area contributed by atoms with Gasteiger partial charge in [0.05, 0.1) is 0 Å². The molecule has 0 unspecified atom stereocenters. The molecule has 43 heavy (non-hydrogen) atoms. The molecule has 0 amide bonds. The SMILES string of the molecule is C=C/C=C(\Cc1ccccc1CCCCCCCCC)c1ccc(N(CCCCCCCC)CCCCCCCC)cc1. The fourth-order valence-corrected chi connectivity index (χ4v) is 6.27. The highest BCUT2D eigenvalue weighted by Crippen LogP contribution is 2.26. The van der Waals surface area contributed by atoms with Crippen molar-refractivity contribution in [3.05, 3.63) is 84.0 Å². The quantitative estimate of drug-likeness (QED) is 0.0744. The normalized spacial score (nSPS) is 11.7. The number of anilines is 1. The minimum absolute atomic E-state index is 0.970. The zero-order valence-electron chi connectivity index (χ0n) is 28.7. The van der Waals surface area contributed by atoms with Crippen LogP contribution in [0.4, 0.5) is 5.69 Å². The van der Waals surface area contributed by atoms with Crippen LogP contribution in [0.5, 0.6) is 0 Å². The van der Waals surface area contributed by atoms with E-state index in [0.29, 0.717) is 0 Å². The summed E-state index contributed by atoms with van der Waals surface area (Å²) in [6, 6.07) is 18.6. The molecule has 0 fully saturated rings. The lowest BCUT2D eigenvalue weighted by atomic mass is 9.92. The summed E-state index contributed by atoms with van der Waals surface area (Å²) in [7, 11) is 0. The van der Waals surface area contributed by atoms with Crippen molar-refractivity contribution in [3.8, 4) is 0 Å². The number of unbranched alkanes of at least 4 members (excludes halogenated alkanes) is 16. The Morgan fingerprint density at radius 1 is 0.558 bits per heavy atom. The Morgan fingerprint density at radius 3 is 1.53 bits per heavy atom. The maximum Gasteiger partial charge on any atom is 0.0366 e. The average Bonchev–Trinajstić information content (AvgIpc) is 3.03. The molecule has 0 atom stereocenters. The molecule has 240 valence electrons. The molecule has 0 saturated heterocycles. The Labute approximate surface area is 268 Å². The number of allylic oxidation sites excluding steroid dienone is 3. The standard InChI is InChI=1S/C42H67N/c1-5-9-12-15-18-19-22-28-38-29-23-24-30-41(38)37-40(27-8-4)39-31-33-42(34-32-39)43(35-25-20-16-13-10-6-2)36-26-21-17-14-11-7-3/h8,23-24,27,29-34H,4-7,9-22,25-26,28,35-37H2,1-3H3/b40-27+. The van der Waals surface area contributed by atoms with Crippen LogP contribution in [0.15, 0.2) is 67.3 Å². The van der Waals surface area contributed by atoms with Gasteiger partial charge in [-0.25, -0.2) is 0 Å². The highest BCUT2D eigenvalue weighted by Gasteiger charge is 2.10. The van der Waals surface area contributed by atoms with Crippen molar-refractivity contribution >= 4 is 11.3 Å². The summed E-state index contributed by atoms with van der Waals surface area (Å²) in [5, 5.41) is 0. The third kappa shape index (κ3) is 16.4. The van der Waals surface area contributed by atoms with Gasteiger partial charge in [0.15, 0.2) is 0 Å². The number of hydrogen-bond acceptors (Lipinski definition) is 1. The molecule has 0 spiro atoms. The van der Waals surface area contributed by atoms with Crippen LogP contribution >= 0.6 is 0 Å². The number of aryl methyl sites for hydroxylation is 1. The van der Waals surface area contributed by atoms with Crippen LogP contribution in [0.1, 0.15) is 159 Å². The summed E-state index contributed by atoms with van der Waals surface area (Å²) in [6.07, 6.45) is 32.2. The zero-order valence-corrected chi connectivity index (χ0v) is 28.7. The van der Waals surface area contributed by atoms with E-state index in [1.165, 1.54) is 169 Å². The van der Waals surface area contributed by atoms with E-state index in [9.17, 15) is 0 Å². The molecule has 2 rings (SSSR count). The third-order valence-corrected chi connectivity index (χ3v) is 9.03. The summed E-state index contributed by atoms with van der Waals surface area (Å²) >= 11 is 0. The summed E-state index contributed by atoms with van der Waals surface area (Å²) in [4.78, 5) is 2.66. The van der Waals surface area contributed by atoms with E-state index >= 15 is 0 Å². The van der Waals surface area contributed by atoms with Crippen LogP contribution in [0.3, 0.4) is 0 Å². The molecule has 2 aromatic carbocycles. The van der Waals surface area contributed by atoms with Gasteiger partial charge in [-0.15, -0.1) is 0 Å². The van der Waals surface area contributed by atoms with Gasteiger partial charge in [-0.3, -0.25) is 0 Å². The van der Waals surface area contributed by atoms with E-state index in [-0.39, 0.29) is 0 Å². The first-order chi connectivity index (χ1) is 21.2. The molecule has 0 aliphatic rings. The minimum atomic E-state index is 0.970. The van der Waals surface area contributed by atoms with Crippen molar-refractivity contribution in [2.75, 3.05) is 18.0 Å². The van der Waals surface area contributed by atoms with E-state index in [1.54, 1.807) is 0 Å². The second kappa shape index (κ2) is 25.1. The van der Waals surface area contributed by atoms with E-state index in [0.717, 1.165) is 6.42 Å². The largest absolute Gasteiger partial charge is 0.372 e. The van der Waals surface area contributed by atoms with Crippen LogP contribution in [-0.4, -0.2) is 13.1 Å². The summed E-state index contributed by atoms with van der Waals surface area (Å²) < 4.78 is 0. The van der Waals surface area contributed by atoms with Gasteiger partial charge in [-0.1, -0.05) is 179 Å². The lowest BCUT2D eigenvalue weighted by Gasteiger charge is -2.25. The molecule has 0 aromatic heterocycles. The van der Waals surface area contributed by atoms with Crippen molar-refractivity contribution < 1.29 is 0 Å². The number of benzene rings is 2. The highest BCUT2D eigenvalue weighted by atomic mass is 15.1. The maximum atomic E-state index is 4.06. The van der Waals surface area contributed by atoms with Gasteiger partial charge in [-0.05, 0) is 66.5 Å². The van der Waals surface area contributed by atoms with Crippen LogP contribution in [-0.2, 0) is 12.8 Å². The molecule has 1 nitrogen and oxygen atoms in total. The maximum absolute atomic E-state index is 4.06.